The highest BCUT2D eigenvalue weighted by Gasteiger charge is 2.37. The molecule has 2 saturated heterocycles. The maximum Gasteiger partial charge on any atom is 0.278 e. The van der Waals surface area contributed by atoms with E-state index in [2.05, 4.69) is 25.1 Å². The van der Waals surface area contributed by atoms with Gasteiger partial charge in [0.1, 0.15) is 18.3 Å². The Labute approximate surface area is 247 Å². The summed E-state index contributed by atoms with van der Waals surface area (Å²) in [4.78, 5) is 42.1. The summed E-state index contributed by atoms with van der Waals surface area (Å²) < 4.78 is 19.6. The molecule has 0 bridgehead atoms. The van der Waals surface area contributed by atoms with E-state index in [1.165, 1.54) is 43.5 Å². The van der Waals surface area contributed by atoms with Crippen LogP contribution in [0.2, 0.25) is 0 Å². The van der Waals surface area contributed by atoms with Gasteiger partial charge in [0, 0.05) is 74.5 Å². The molecule has 10 heteroatoms. The number of amides is 2. The highest BCUT2D eigenvalue weighted by molar-refractivity contribution is 6.12. The van der Waals surface area contributed by atoms with Crippen LogP contribution >= 0.6 is 0 Å². The quantitative estimate of drug-likeness (QED) is 0.538. The molecular formula is C32H41FN6O3. The van der Waals surface area contributed by atoms with Crippen molar-refractivity contribution in [2.24, 2.45) is 10.9 Å². The van der Waals surface area contributed by atoms with Crippen LogP contribution in [0, 0.1) is 11.7 Å². The monoisotopic (exact) mass is 576 g/mol. The zero-order valence-electron chi connectivity index (χ0n) is 24.3. The Kier molecular flexibility index (Phi) is 9.09. The van der Waals surface area contributed by atoms with E-state index in [1.54, 1.807) is 0 Å². The van der Waals surface area contributed by atoms with Gasteiger partial charge in [0.2, 0.25) is 11.8 Å². The van der Waals surface area contributed by atoms with E-state index in [0.29, 0.717) is 30.3 Å². The minimum Gasteiger partial charge on any atom is -0.476 e. The lowest BCUT2D eigenvalue weighted by Gasteiger charge is -2.38. The minimum absolute atomic E-state index is 0.0359. The summed E-state index contributed by atoms with van der Waals surface area (Å²) in [5.74, 6) is 0.767. The van der Waals surface area contributed by atoms with Crippen LogP contribution in [0.25, 0.3) is 0 Å². The van der Waals surface area contributed by atoms with Gasteiger partial charge in [-0.25, -0.2) is 9.37 Å². The van der Waals surface area contributed by atoms with E-state index in [1.807, 2.05) is 17.2 Å². The fraction of sp³-hybridized carbons (Fsp3) is 0.562. The molecule has 1 N–H and O–H groups in total. The van der Waals surface area contributed by atoms with Crippen molar-refractivity contribution >= 4 is 23.3 Å². The number of nitrogens with zero attached hydrogens (tertiary/aromatic N) is 5. The number of aliphatic imine (C=N–C) groups is 1. The van der Waals surface area contributed by atoms with E-state index in [4.69, 9.17) is 4.74 Å². The second kappa shape index (κ2) is 13.3. The van der Waals surface area contributed by atoms with Crippen molar-refractivity contribution in [2.45, 2.75) is 57.4 Å². The van der Waals surface area contributed by atoms with E-state index in [-0.39, 0.29) is 23.7 Å². The Morgan fingerprint density at radius 3 is 2.48 bits per heavy atom. The number of halogens is 1. The van der Waals surface area contributed by atoms with E-state index in [0.717, 1.165) is 82.7 Å². The molecule has 224 valence electrons. The highest BCUT2D eigenvalue weighted by Crippen LogP contribution is 2.39. The number of aromatic nitrogens is 1. The molecule has 1 aliphatic carbocycles. The molecule has 4 aliphatic rings. The van der Waals surface area contributed by atoms with Gasteiger partial charge in [-0.3, -0.25) is 14.5 Å². The molecule has 1 aromatic heterocycles. The zero-order valence-corrected chi connectivity index (χ0v) is 24.3. The maximum atomic E-state index is 13.5. The van der Waals surface area contributed by atoms with Gasteiger partial charge in [-0.2, -0.15) is 4.99 Å². The summed E-state index contributed by atoms with van der Waals surface area (Å²) in [7, 11) is 0. The first-order valence-electron chi connectivity index (χ1n) is 15.6. The van der Waals surface area contributed by atoms with Gasteiger partial charge in [-0.05, 0) is 75.9 Å². The number of rotatable bonds is 7. The molecule has 0 spiro atoms. The summed E-state index contributed by atoms with van der Waals surface area (Å²) in [5, 5.41) is 3.32. The van der Waals surface area contributed by atoms with Crippen molar-refractivity contribution in [3.63, 3.8) is 0 Å². The van der Waals surface area contributed by atoms with Gasteiger partial charge >= 0.3 is 0 Å². The number of piperidine rings is 1. The predicted molar refractivity (Wildman–Crippen MR) is 160 cm³/mol. The third-order valence-corrected chi connectivity index (χ3v) is 9.09. The average molecular weight is 577 g/mol. The van der Waals surface area contributed by atoms with Gasteiger partial charge in [0.15, 0.2) is 0 Å². The maximum absolute atomic E-state index is 13.5. The zero-order chi connectivity index (χ0) is 28.9. The van der Waals surface area contributed by atoms with Crippen molar-refractivity contribution in [3.8, 4) is 5.88 Å². The number of ether oxygens (including phenoxy) is 1. The number of nitrogens with one attached hydrogen (secondary N) is 1. The molecule has 1 aromatic carbocycles. The fourth-order valence-electron chi connectivity index (χ4n) is 6.75. The van der Waals surface area contributed by atoms with Crippen molar-refractivity contribution in [1.82, 2.24) is 20.1 Å². The molecule has 0 unspecified atom stereocenters. The molecule has 6 rings (SSSR count). The van der Waals surface area contributed by atoms with Crippen LogP contribution in [-0.4, -0.2) is 90.9 Å². The Bertz CT molecular complexity index is 1280. The molecule has 3 aliphatic heterocycles. The number of anilines is 1. The largest absolute Gasteiger partial charge is 0.476 e. The molecular weight excluding hydrogens is 535 g/mol. The third kappa shape index (κ3) is 6.65. The van der Waals surface area contributed by atoms with Crippen LogP contribution in [0.4, 0.5) is 10.1 Å². The van der Waals surface area contributed by atoms with E-state index < -0.39 is 5.91 Å². The molecule has 0 radical (unpaired) electrons. The Hall–Kier alpha value is -3.37. The third-order valence-electron chi connectivity index (χ3n) is 9.09. The van der Waals surface area contributed by atoms with Gasteiger partial charge in [0.05, 0.1) is 5.69 Å². The SMILES string of the molecule is O=C(N=C1Cc2cnc(OCCN3CCCCC3)cc2N1C1CCC(C(=O)N2CCNCC2)CC1)c1ccc(F)cc1. The van der Waals surface area contributed by atoms with Crippen LogP contribution in [0.3, 0.4) is 0 Å². The van der Waals surface area contributed by atoms with Gasteiger partial charge < -0.3 is 19.9 Å². The molecule has 42 heavy (non-hydrogen) atoms. The molecule has 2 aromatic rings. The average Bonchev–Trinajstić information content (AvgIpc) is 3.39. The van der Waals surface area contributed by atoms with Crippen molar-refractivity contribution in [3.05, 3.63) is 53.5 Å². The number of amidine groups is 1. The number of hydrogen-bond donors (Lipinski definition) is 1. The highest BCUT2D eigenvalue weighted by atomic mass is 19.1. The number of carbonyl (C=O) groups is 2. The van der Waals surface area contributed by atoms with Gasteiger partial charge in [0.25, 0.3) is 5.91 Å². The Balaban J connectivity index is 1.19. The first-order valence-corrected chi connectivity index (χ1v) is 15.6. The molecule has 4 heterocycles. The molecule has 1 saturated carbocycles. The number of piperazine rings is 1. The standard InChI is InChI=1S/C32H41FN6O3/c33-26-8-4-23(5-9-26)31(40)36-29-20-25-22-35-30(42-19-18-37-14-2-1-3-15-37)21-28(25)39(29)27-10-6-24(7-11-27)32(41)38-16-12-34-13-17-38/h4-5,8-9,21-22,24,27,34H,1-3,6-7,10-20H2. The topological polar surface area (TPSA) is 90.4 Å². The van der Waals surface area contributed by atoms with Crippen LogP contribution in [0.1, 0.15) is 60.9 Å². The minimum atomic E-state index is -0.392. The van der Waals surface area contributed by atoms with E-state index in [9.17, 15) is 14.0 Å². The predicted octanol–water partition coefficient (Wildman–Crippen LogP) is 3.68. The van der Waals surface area contributed by atoms with E-state index >= 15 is 0 Å². The van der Waals surface area contributed by atoms with Crippen molar-refractivity contribution < 1.29 is 18.7 Å². The molecule has 9 nitrogen and oxygen atoms in total. The second-order valence-corrected chi connectivity index (χ2v) is 11.9. The van der Waals surface area contributed by atoms with Gasteiger partial charge in [-0.15, -0.1) is 0 Å². The Morgan fingerprint density at radius 1 is 1.00 bits per heavy atom. The number of benzene rings is 1. The first-order chi connectivity index (χ1) is 20.5. The molecule has 2 amide bonds. The lowest BCUT2D eigenvalue weighted by Crippen LogP contribution is -2.49. The lowest BCUT2D eigenvalue weighted by molar-refractivity contribution is -0.137. The van der Waals surface area contributed by atoms with Crippen molar-refractivity contribution in [1.29, 1.82) is 0 Å². The molecule has 3 fully saturated rings. The smallest absolute Gasteiger partial charge is 0.278 e. The van der Waals surface area contributed by atoms with Crippen LogP contribution in [0.15, 0.2) is 41.5 Å². The van der Waals surface area contributed by atoms with Crippen LogP contribution in [0.5, 0.6) is 5.88 Å². The van der Waals surface area contributed by atoms with Crippen LogP contribution < -0.4 is 15.0 Å². The number of carbonyl (C=O) groups excluding carboxylic acids is 2. The lowest BCUT2D eigenvalue weighted by atomic mass is 9.84. The number of pyridine rings is 1. The Morgan fingerprint density at radius 2 is 1.74 bits per heavy atom. The first kappa shape index (κ1) is 28.7. The second-order valence-electron chi connectivity index (χ2n) is 11.9. The summed E-state index contributed by atoms with van der Waals surface area (Å²) in [6.45, 7) is 6.95. The number of likely N-dealkylation sites (tertiary alicyclic amines) is 1. The summed E-state index contributed by atoms with van der Waals surface area (Å²) in [6.07, 6.45) is 9.40. The number of hydrogen-bond acceptors (Lipinski definition) is 6. The normalized spacial score (nSPS) is 24.1. The number of fused-ring (bicyclic) bond motifs is 1. The fourth-order valence-corrected chi connectivity index (χ4v) is 6.75. The van der Waals surface area contributed by atoms with Gasteiger partial charge in [-0.1, -0.05) is 6.42 Å². The summed E-state index contributed by atoms with van der Waals surface area (Å²) in [6, 6.07) is 7.59. The molecule has 0 atom stereocenters. The summed E-state index contributed by atoms with van der Waals surface area (Å²) >= 11 is 0. The van der Waals surface area contributed by atoms with Crippen molar-refractivity contribution in [2.75, 3.05) is 57.3 Å². The van der Waals surface area contributed by atoms with Crippen LogP contribution in [-0.2, 0) is 11.2 Å². The summed E-state index contributed by atoms with van der Waals surface area (Å²) in [5.41, 5.74) is 2.33.